The molecular weight excluding hydrogens is 461 g/mol. The molecule has 0 saturated heterocycles. The molecule has 1 heterocycles. The van der Waals surface area contributed by atoms with Crippen LogP contribution < -0.4 is 20.1 Å². The van der Waals surface area contributed by atoms with E-state index in [1.165, 1.54) is 4.88 Å². The molecule has 0 fully saturated rings. The number of thiophene rings is 1. The van der Waals surface area contributed by atoms with Gasteiger partial charge in [0, 0.05) is 30.9 Å². The van der Waals surface area contributed by atoms with Gasteiger partial charge in [-0.15, -0.1) is 35.3 Å². The van der Waals surface area contributed by atoms with Gasteiger partial charge in [-0.3, -0.25) is 4.99 Å². The van der Waals surface area contributed by atoms with Gasteiger partial charge in [0.2, 0.25) is 0 Å². The molecule has 1 aromatic heterocycles. The average Bonchev–Trinajstić information content (AvgIpc) is 3.15. The minimum atomic E-state index is 0. The van der Waals surface area contributed by atoms with Gasteiger partial charge in [-0.25, -0.2) is 0 Å². The van der Waals surface area contributed by atoms with Gasteiger partial charge in [0.15, 0.2) is 5.96 Å². The maximum atomic E-state index is 5.43. The van der Waals surface area contributed by atoms with Crippen LogP contribution >= 0.6 is 35.3 Å². The van der Waals surface area contributed by atoms with Crippen LogP contribution in [-0.2, 0) is 12.8 Å². The Bertz CT molecular complexity index is 663. The van der Waals surface area contributed by atoms with Crippen LogP contribution in [0.25, 0.3) is 0 Å². The van der Waals surface area contributed by atoms with Crippen molar-refractivity contribution in [1.29, 1.82) is 0 Å². The molecule has 26 heavy (non-hydrogen) atoms. The minimum Gasteiger partial charge on any atom is -0.497 e. The Morgan fingerprint density at radius 1 is 1.12 bits per heavy atom. The van der Waals surface area contributed by atoms with E-state index in [-0.39, 0.29) is 24.0 Å². The van der Waals surface area contributed by atoms with Crippen molar-refractivity contribution < 1.29 is 9.47 Å². The van der Waals surface area contributed by atoms with Crippen LogP contribution in [0, 0.1) is 0 Å². The number of aliphatic imine (C=N–C) groups is 1. The highest BCUT2D eigenvalue weighted by atomic mass is 127. The zero-order valence-electron chi connectivity index (χ0n) is 15.6. The molecule has 0 unspecified atom stereocenters. The molecule has 144 valence electrons. The van der Waals surface area contributed by atoms with Gasteiger partial charge in [-0.05, 0) is 48.6 Å². The minimum absolute atomic E-state index is 0. The maximum Gasteiger partial charge on any atom is 0.191 e. The third-order valence-corrected chi connectivity index (χ3v) is 4.66. The number of benzene rings is 1. The summed E-state index contributed by atoms with van der Waals surface area (Å²) in [5.74, 6) is 2.57. The van der Waals surface area contributed by atoms with E-state index in [4.69, 9.17) is 9.47 Å². The second-order valence-corrected chi connectivity index (χ2v) is 6.48. The summed E-state index contributed by atoms with van der Waals surface area (Å²) < 4.78 is 10.7. The fourth-order valence-corrected chi connectivity index (χ4v) is 3.17. The van der Waals surface area contributed by atoms with Crippen LogP contribution in [0.3, 0.4) is 0 Å². The number of nitrogens with zero attached hydrogens (tertiary/aromatic N) is 1. The van der Waals surface area contributed by atoms with Crippen LogP contribution in [0.1, 0.15) is 17.4 Å². The lowest BCUT2D eigenvalue weighted by Gasteiger charge is -2.13. The lowest BCUT2D eigenvalue weighted by molar-refractivity contribution is 0.398. The molecule has 2 aromatic rings. The smallest absolute Gasteiger partial charge is 0.191 e. The second-order valence-electron chi connectivity index (χ2n) is 5.44. The van der Waals surface area contributed by atoms with Crippen molar-refractivity contribution in [2.24, 2.45) is 4.99 Å². The summed E-state index contributed by atoms with van der Waals surface area (Å²) in [5.41, 5.74) is 1.11. The number of halogens is 1. The normalized spacial score (nSPS) is 10.8. The van der Waals surface area contributed by atoms with E-state index in [9.17, 15) is 0 Å². The third kappa shape index (κ3) is 7.41. The number of guanidine groups is 1. The monoisotopic (exact) mass is 489 g/mol. The molecule has 0 aliphatic heterocycles. The fraction of sp³-hybridized carbons (Fsp3) is 0.421. The Morgan fingerprint density at radius 3 is 2.62 bits per heavy atom. The van der Waals surface area contributed by atoms with Gasteiger partial charge in [0.05, 0.1) is 14.2 Å². The quantitative estimate of drug-likeness (QED) is 0.320. The first-order valence-corrected chi connectivity index (χ1v) is 9.40. The third-order valence-electron chi connectivity index (χ3n) is 3.73. The molecule has 1 aromatic carbocycles. The number of methoxy groups -OCH3 is 2. The standard InChI is InChI=1S/C19H27N3O2S.HI/c1-4-20-19(22-12-10-17-6-5-13-25-17)21-11-9-15-14-16(23-2)7-8-18(15)24-3;/h5-8,13-14H,4,9-12H2,1-3H3,(H2,20,21,22);1H. The number of rotatable bonds is 9. The van der Waals surface area contributed by atoms with E-state index in [0.29, 0.717) is 0 Å². The van der Waals surface area contributed by atoms with Crippen molar-refractivity contribution in [2.45, 2.75) is 19.8 Å². The van der Waals surface area contributed by atoms with Gasteiger partial charge in [-0.1, -0.05) is 6.07 Å². The topological polar surface area (TPSA) is 54.9 Å². The predicted octanol–water partition coefficient (Wildman–Crippen LogP) is 3.72. The molecule has 7 heteroatoms. The summed E-state index contributed by atoms with van der Waals surface area (Å²) in [5, 5.41) is 8.77. The van der Waals surface area contributed by atoms with Crippen LogP contribution in [0.5, 0.6) is 11.5 Å². The Hall–Kier alpha value is -1.48. The largest absolute Gasteiger partial charge is 0.497 e. The van der Waals surface area contributed by atoms with Crippen molar-refractivity contribution in [1.82, 2.24) is 10.6 Å². The highest BCUT2D eigenvalue weighted by Crippen LogP contribution is 2.24. The molecule has 0 radical (unpaired) electrons. The van der Waals surface area contributed by atoms with Crippen molar-refractivity contribution >= 4 is 41.3 Å². The Labute approximate surface area is 177 Å². The van der Waals surface area contributed by atoms with E-state index in [1.54, 1.807) is 25.6 Å². The van der Waals surface area contributed by atoms with Crippen LogP contribution in [-0.4, -0.2) is 39.8 Å². The molecule has 5 nitrogen and oxygen atoms in total. The molecule has 0 spiro atoms. The van der Waals surface area contributed by atoms with E-state index in [2.05, 4.69) is 40.1 Å². The van der Waals surface area contributed by atoms with Crippen LogP contribution in [0.2, 0.25) is 0 Å². The van der Waals surface area contributed by atoms with Crippen molar-refractivity contribution in [3.8, 4) is 11.5 Å². The zero-order chi connectivity index (χ0) is 17.9. The lowest BCUT2D eigenvalue weighted by Crippen LogP contribution is -2.38. The SMILES string of the molecule is CCNC(=NCCc1cccs1)NCCc1cc(OC)ccc1OC.I. The molecule has 0 atom stereocenters. The fourth-order valence-electron chi connectivity index (χ4n) is 2.47. The molecular formula is C19H28IN3O2S. The summed E-state index contributed by atoms with van der Waals surface area (Å²) in [6.45, 7) is 4.46. The van der Waals surface area contributed by atoms with Gasteiger partial charge in [0.1, 0.15) is 11.5 Å². The van der Waals surface area contributed by atoms with Gasteiger partial charge >= 0.3 is 0 Å². The molecule has 2 rings (SSSR count). The predicted molar refractivity (Wildman–Crippen MR) is 121 cm³/mol. The molecule has 0 bridgehead atoms. The van der Waals surface area contributed by atoms with Crippen LogP contribution in [0.15, 0.2) is 40.7 Å². The first-order valence-electron chi connectivity index (χ1n) is 8.52. The summed E-state index contributed by atoms with van der Waals surface area (Å²) >= 11 is 1.77. The Balaban J connectivity index is 0.00000338. The average molecular weight is 489 g/mol. The highest BCUT2D eigenvalue weighted by molar-refractivity contribution is 14.0. The summed E-state index contributed by atoms with van der Waals surface area (Å²) in [6.07, 6.45) is 1.80. The number of hydrogen-bond donors (Lipinski definition) is 2. The molecule has 0 aliphatic rings. The van der Waals surface area contributed by atoms with Crippen molar-refractivity contribution in [3.05, 3.63) is 46.2 Å². The highest BCUT2D eigenvalue weighted by Gasteiger charge is 2.06. The Morgan fingerprint density at radius 2 is 1.96 bits per heavy atom. The van der Waals surface area contributed by atoms with Gasteiger partial charge in [0.25, 0.3) is 0 Å². The van der Waals surface area contributed by atoms with Crippen LogP contribution in [0.4, 0.5) is 0 Å². The molecule has 0 saturated carbocycles. The first-order chi connectivity index (χ1) is 12.3. The maximum absolute atomic E-state index is 5.43. The number of ether oxygens (including phenoxy) is 2. The second kappa shape index (κ2) is 12.8. The Kier molecular flexibility index (Phi) is 11.1. The summed E-state index contributed by atoms with van der Waals surface area (Å²) in [7, 11) is 3.36. The van der Waals surface area contributed by atoms with E-state index in [1.807, 2.05) is 18.2 Å². The number of nitrogens with one attached hydrogen (secondary N) is 2. The summed E-state index contributed by atoms with van der Waals surface area (Å²) in [6, 6.07) is 10.1. The van der Waals surface area contributed by atoms with Crippen molar-refractivity contribution in [2.75, 3.05) is 33.9 Å². The van der Waals surface area contributed by atoms with E-state index >= 15 is 0 Å². The lowest BCUT2D eigenvalue weighted by atomic mass is 10.1. The summed E-state index contributed by atoms with van der Waals surface area (Å²) in [4.78, 5) is 6.00. The molecule has 0 aliphatic carbocycles. The van der Waals surface area contributed by atoms with E-state index in [0.717, 1.165) is 55.5 Å². The number of hydrogen-bond acceptors (Lipinski definition) is 4. The molecule has 2 N–H and O–H groups in total. The van der Waals surface area contributed by atoms with Gasteiger partial charge < -0.3 is 20.1 Å². The van der Waals surface area contributed by atoms with Gasteiger partial charge in [-0.2, -0.15) is 0 Å². The molecule has 0 amide bonds. The zero-order valence-corrected chi connectivity index (χ0v) is 18.7. The van der Waals surface area contributed by atoms with E-state index < -0.39 is 0 Å². The van der Waals surface area contributed by atoms with Crippen molar-refractivity contribution in [3.63, 3.8) is 0 Å². The first kappa shape index (κ1) is 22.6.